The van der Waals surface area contributed by atoms with Gasteiger partial charge in [-0.15, -0.1) is 5.10 Å². The van der Waals surface area contributed by atoms with Gasteiger partial charge < -0.3 is 10.6 Å². The third kappa shape index (κ3) is 4.31. The van der Waals surface area contributed by atoms with E-state index in [4.69, 9.17) is 10.7 Å². The third-order valence-corrected chi connectivity index (χ3v) is 8.32. The number of carbonyl (C=O) groups is 2. The van der Waals surface area contributed by atoms with E-state index in [1.807, 2.05) is 53.6 Å². The molecule has 2 aliphatic rings. The molecule has 2 bridgehead atoms. The highest BCUT2D eigenvalue weighted by Gasteiger charge is 2.45. The van der Waals surface area contributed by atoms with E-state index < -0.39 is 0 Å². The molecule has 1 aromatic carbocycles. The Morgan fingerprint density at radius 3 is 2.46 bits per heavy atom. The Kier molecular flexibility index (Phi) is 6.02. The summed E-state index contributed by atoms with van der Waals surface area (Å²) in [5.74, 6) is 0.572. The van der Waals surface area contributed by atoms with Crippen LogP contribution in [0.1, 0.15) is 60.4 Å². The molecular formula is C29H28N10O2. The van der Waals surface area contributed by atoms with E-state index in [1.165, 1.54) is 6.92 Å². The Morgan fingerprint density at radius 2 is 1.80 bits per heavy atom. The van der Waals surface area contributed by atoms with Crippen molar-refractivity contribution < 1.29 is 9.59 Å². The Labute approximate surface area is 235 Å². The van der Waals surface area contributed by atoms with Crippen LogP contribution >= 0.6 is 0 Å². The number of nitrogens with two attached hydrogens (primary N) is 1. The van der Waals surface area contributed by atoms with Gasteiger partial charge in [0.2, 0.25) is 5.91 Å². The van der Waals surface area contributed by atoms with Gasteiger partial charge in [-0.05, 0) is 49.1 Å². The number of hydrogen-bond acceptors (Lipinski definition) is 9. The number of rotatable bonds is 6. The molecule has 206 valence electrons. The number of piperidine rings is 1. The summed E-state index contributed by atoms with van der Waals surface area (Å²) in [5, 5.41) is 18.2. The molecule has 0 saturated carbocycles. The molecule has 7 rings (SSSR count). The lowest BCUT2D eigenvalue weighted by Gasteiger charge is -2.39. The second kappa shape index (κ2) is 9.88. The molecule has 4 aromatic heterocycles. The largest absolute Gasteiger partial charge is 0.383 e. The molecule has 2 saturated heterocycles. The van der Waals surface area contributed by atoms with Crippen LogP contribution in [0.3, 0.4) is 0 Å². The number of carbonyl (C=O) groups excluding carboxylic acids is 2. The number of benzene rings is 1. The smallest absolute Gasteiger partial charge is 0.230 e. The standard InChI is InChI=1S/C29H28N10O2/c1-16(40)26-27(19-11-20-8-9-21(12-19)38(20)25(41)13-24-34-36-37-35-24)33-29-22(15-32-39(29)28(26)30)18-7-10-23(31-14-18)17-5-3-2-4-6-17/h2-7,10,14-15,19-21H,8-9,11-13,30H2,1H3,(H,34,35,36,37)/t19-,20-,21+. The molecular weight excluding hydrogens is 520 g/mol. The fraction of sp³-hybridized carbons (Fsp3) is 0.310. The predicted octanol–water partition coefficient (Wildman–Crippen LogP) is 3.24. The summed E-state index contributed by atoms with van der Waals surface area (Å²) in [7, 11) is 0. The van der Waals surface area contributed by atoms with Crippen molar-refractivity contribution >= 4 is 23.2 Å². The van der Waals surface area contributed by atoms with Gasteiger partial charge in [0.05, 0.1) is 29.6 Å². The highest BCUT2D eigenvalue weighted by Crippen LogP contribution is 2.44. The quantitative estimate of drug-likeness (QED) is 0.304. The summed E-state index contributed by atoms with van der Waals surface area (Å²) < 4.78 is 1.54. The van der Waals surface area contributed by atoms with E-state index >= 15 is 0 Å². The molecule has 2 fully saturated rings. The normalized spacial score (nSPS) is 20.0. The van der Waals surface area contributed by atoms with Gasteiger partial charge in [0, 0.05) is 40.9 Å². The number of pyridine rings is 1. The first-order valence-electron chi connectivity index (χ1n) is 13.7. The van der Waals surface area contributed by atoms with Gasteiger partial charge in [-0.2, -0.15) is 9.61 Å². The van der Waals surface area contributed by atoms with E-state index in [9.17, 15) is 9.59 Å². The van der Waals surface area contributed by atoms with Gasteiger partial charge in [-0.25, -0.2) is 10.1 Å². The zero-order valence-corrected chi connectivity index (χ0v) is 22.4. The second-order valence-corrected chi connectivity index (χ2v) is 10.8. The zero-order chi connectivity index (χ0) is 28.1. The van der Waals surface area contributed by atoms with Gasteiger partial charge in [-0.3, -0.25) is 14.6 Å². The number of nitrogens with zero attached hydrogens (tertiary/aromatic N) is 8. The number of hydrogen-bond donors (Lipinski definition) is 2. The van der Waals surface area contributed by atoms with Crippen molar-refractivity contribution in [1.82, 2.24) is 45.1 Å². The summed E-state index contributed by atoms with van der Waals surface area (Å²) in [6.07, 6.45) is 6.89. The van der Waals surface area contributed by atoms with E-state index in [0.717, 1.165) is 35.2 Å². The molecule has 12 nitrogen and oxygen atoms in total. The van der Waals surface area contributed by atoms with Crippen molar-refractivity contribution in [2.24, 2.45) is 0 Å². The van der Waals surface area contributed by atoms with Crippen molar-refractivity contribution in [3.05, 3.63) is 71.9 Å². The number of aromatic amines is 1. The molecule has 3 N–H and O–H groups in total. The van der Waals surface area contributed by atoms with E-state index in [2.05, 4.69) is 30.7 Å². The van der Waals surface area contributed by atoms with E-state index in [-0.39, 0.29) is 41.9 Å². The molecule has 41 heavy (non-hydrogen) atoms. The number of amides is 1. The fourth-order valence-electron chi connectivity index (χ4n) is 6.52. The number of aromatic nitrogens is 8. The van der Waals surface area contributed by atoms with Gasteiger partial charge in [0.15, 0.2) is 17.3 Å². The Hall–Kier alpha value is -5.00. The van der Waals surface area contributed by atoms with Crippen LogP contribution in [0.25, 0.3) is 28.0 Å². The number of anilines is 1. The van der Waals surface area contributed by atoms with Crippen LogP contribution in [-0.4, -0.2) is 68.9 Å². The maximum atomic E-state index is 13.2. The van der Waals surface area contributed by atoms with Gasteiger partial charge in [0.1, 0.15) is 5.82 Å². The molecule has 0 aliphatic carbocycles. The van der Waals surface area contributed by atoms with Crippen molar-refractivity contribution in [2.45, 2.75) is 57.0 Å². The predicted molar refractivity (Wildman–Crippen MR) is 150 cm³/mol. The lowest BCUT2D eigenvalue weighted by atomic mass is 9.85. The first-order chi connectivity index (χ1) is 20.0. The minimum absolute atomic E-state index is 0.00809. The minimum Gasteiger partial charge on any atom is -0.383 e. The Morgan fingerprint density at radius 1 is 1.02 bits per heavy atom. The number of fused-ring (bicyclic) bond motifs is 3. The first kappa shape index (κ1) is 25.0. The molecule has 6 heterocycles. The van der Waals surface area contributed by atoms with Crippen LogP contribution in [0.4, 0.5) is 5.82 Å². The fourth-order valence-corrected chi connectivity index (χ4v) is 6.52. The summed E-state index contributed by atoms with van der Waals surface area (Å²) in [4.78, 5) is 37.8. The minimum atomic E-state index is -0.151. The molecule has 0 spiro atoms. The van der Waals surface area contributed by atoms with Gasteiger partial charge in [-0.1, -0.05) is 36.4 Å². The lowest BCUT2D eigenvalue weighted by Crippen LogP contribution is -2.47. The van der Waals surface area contributed by atoms with Crippen LogP contribution in [0.15, 0.2) is 54.9 Å². The monoisotopic (exact) mass is 548 g/mol. The van der Waals surface area contributed by atoms with Crippen LogP contribution in [-0.2, 0) is 11.2 Å². The topological polar surface area (TPSA) is 161 Å². The molecule has 1 amide bonds. The Balaban J connectivity index is 1.23. The number of nitrogen functional groups attached to an aromatic ring is 1. The summed E-state index contributed by atoms with van der Waals surface area (Å²) in [6.45, 7) is 1.51. The number of H-pyrrole nitrogens is 1. The molecule has 3 atom stereocenters. The molecule has 12 heteroatoms. The van der Waals surface area contributed by atoms with Crippen LogP contribution in [0, 0.1) is 0 Å². The third-order valence-electron chi connectivity index (χ3n) is 8.32. The Bertz CT molecular complexity index is 1730. The van der Waals surface area contributed by atoms with Crippen molar-refractivity contribution in [3.63, 3.8) is 0 Å². The molecule has 2 aliphatic heterocycles. The maximum absolute atomic E-state index is 13.2. The van der Waals surface area contributed by atoms with Gasteiger partial charge in [0.25, 0.3) is 0 Å². The van der Waals surface area contributed by atoms with Gasteiger partial charge >= 0.3 is 0 Å². The van der Waals surface area contributed by atoms with Crippen molar-refractivity contribution in [2.75, 3.05) is 5.73 Å². The lowest BCUT2D eigenvalue weighted by molar-refractivity contribution is -0.135. The zero-order valence-electron chi connectivity index (χ0n) is 22.4. The SMILES string of the molecule is CC(=O)c1c([C@@H]2C[C@H]3CC[C@@H](C2)N3C(=O)Cc2nnn[nH]2)nc2c(-c3ccc(-c4ccccc4)nc3)cnn2c1N. The molecule has 0 unspecified atom stereocenters. The van der Waals surface area contributed by atoms with Crippen molar-refractivity contribution in [3.8, 4) is 22.4 Å². The average molecular weight is 549 g/mol. The summed E-state index contributed by atoms with van der Waals surface area (Å²) in [5.41, 5.74) is 11.8. The van der Waals surface area contributed by atoms with Crippen LogP contribution in [0.5, 0.6) is 0 Å². The van der Waals surface area contributed by atoms with Crippen molar-refractivity contribution in [1.29, 1.82) is 0 Å². The van der Waals surface area contributed by atoms with Crippen LogP contribution in [0.2, 0.25) is 0 Å². The number of nitrogens with one attached hydrogen (secondary N) is 1. The number of ketones is 1. The number of Topliss-reactive ketones (excluding diaryl/α,β-unsaturated/α-hetero) is 1. The summed E-state index contributed by atoms with van der Waals surface area (Å²) >= 11 is 0. The second-order valence-electron chi connectivity index (χ2n) is 10.8. The average Bonchev–Trinajstić information content (AvgIpc) is 3.71. The molecule has 0 radical (unpaired) electrons. The maximum Gasteiger partial charge on any atom is 0.230 e. The highest BCUT2D eigenvalue weighted by molar-refractivity contribution is 6.00. The number of tetrazole rings is 1. The highest BCUT2D eigenvalue weighted by atomic mass is 16.2. The van der Waals surface area contributed by atoms with E-state index in [0.29, 0.717) is 35.6 Å². The molecule has 5 aromatic rings. The van der Waals surface area contributed by atoms with E-state index in [1.54, 1.807) is 10.7 Å². The summed E-state index contributed by atoms with van der Waals surface area (Å²) in [6, 6.07) is 14.1. The first-order valence-corrected chi connectivity index (χ1v) is 13.7. The van der Waals surface area contributed by atoms with Crippen LogP contribution < -0.4 is 5.73 Å².